The molecular formula is Ga7Mn3. The fraction of sp³-hybridized carbons (Fsp3) is 0. The van der Waals surface area contributed by atoms with Crippen molar-refractivity contribution in [2.75, 3.05) is 0 Å². The quantitative estimate of drug-likeness (QED) is 0.251. The maximum atomic E-state index is 0. The van der Waals surface area contributed by atoms with Crippen LogP contribution in [0.15, 0.2) is 0 Å². The van der Waals surface area contributed by atoms with Crippen molar-refractivity contribution in [3.05, 3.63) is 0 Å². The predicted octanol–water partition coefficient (Wildman–Crippen LogP) is -2.67. The van der Waals surface area contributed by atoms with Gasteiger partial charge in [-0.3, -0.25) is 0 Å². The van der Waals surface area contributed by atoms with Gasteiger partial charge in [0.2, 0.25) is 0 Å². The van der Waals surface area contributed by atoms with Gasteiger partial charge in [-0.15, -0.1) is 0 Å². The van der Waals surface area contributed by atoms with Gasteiger partial charge in [0.1, 0.15) is 0 Å². The molecule has 0 rings (SSSR count). The van der Waals surface area contributed by atoms with E-state index >= 15 is 0 Å². The molecule has 0 bridgehead atoms. The first-order valence-electron chi connectivity index (χ1n) is 0. The predicted molar refractivity (Wildman–Crippen MR) is 40.3 cm³/mol. The summed E-state index contributed by atoms with van der Waals surface area (Å²) in [5.74, 6) is 0. The molecule has 0 aromatic carbocycles. The Kier molecular flexibility index (Phi) is 814. The molecule has 0 saturated carbocycles. The summed E-state index contributed by atoms with van der Waals surface area (Å²) in [5, 5.41) is 0. The van der Waals surface area contributed by atoms with Crippen LogP contribution in [0.5, 0.6) is 0 Å². The van der Waals surface area contributed by atoms with Gasteiger partial charge in [0.25, 0.3) is 0 Å². The van der Waals surface area contributed by atoms with Gasteiger partial charge in [-0.25, -0.2) is 0 Å². The number of rotatable bonds is 0. The Balaban J connectivity index is 0. The Morgan fingerprint density at radius 2 is 0.200 bits per heavy atom. The summed E-state index contributed by atoms with van der Waals surface area (Å²) < 4.78 is 0. The average Bonchev–Trinajstić information content (AvgIpc) is 0. The third kappa shape index (κ3) is 65.6. The molecule has 42 valence electrons. The fourth-order valence-corrected chi connectivity index (χ4v) is 0. The SMILES string of the molecule is [Ga].[Ga].[Ga].[Ga].[Ga].[Ga].[Ga].[Mn].[Mn].[Mn]. The Morgan fingerprint density at radius 3 is 0.200 bits per heavy atom. The van der Waals surface area contributed by atoms with Crippen LogP contribution in [0.3, 0.4) is 0 Å². The van der Waals surface area contributed by atoms with Crippen molar-refractivity contribution in [2.45, 2.75) is 0 Å². The average molecular weight is 653 g/mol. The van der Waals surface area contributed by atoms with Crippen LogP contribution in [0, 0.1) is 0 Å². The number of hydrogen-bond acceptors (Lipinski definition) is 0. The van der Waals surface area contributed by atoms with E-state index in [-0.39, 0.29) is 190 Å². The van der Waals surface area contributed by atoms with Crippen LogP contribution in [-0.2, 0) is 51.2 Å². The van der Waals surface area contributed by atoms with E-state index in [0.717, 1.165) is 0 Å². The van der Waals surface area contributed by atoms with Crippen LogP contribution >= 0.6 is 0 Å². The first kappa shape index (κ1) is 99.8. The Bertz CT molecular complexity index is 8.81. The molecule has 0 heterocycles. The molecule has 0 saturated heterocycles. The van der Waals surface area contributed by atoms with Gasteiger partial charge in [-0.05, 0) is 0 Å². The van der Waals surface area contributed by atoms with Crippen molar-refractivity contribution >= 4 is 139 Å². The second-order valence-corrected chi connectivity index (χ2v) is 0. The van der Waals surface area contributed by atoms with Crippen LogP contribution < -0.4 is 0 Å². The molecule has 0 aliphatic heterocycles. The largest absolute Gasteiger partial charge is 0 e. The molecule has 0 fully saturated rings. The van der Waals surface area contributed by atoms with Crippen molar-refractivity contribution in [2.24, 2.45) is 0 Å². The third-order valence-corrected chi connectivity index (χ3v) is 0. The molecule has 0 spiro atoms. The molecular weight excluding hydrogens is 653 g/mol. The molecule has 24 radical (unpaired) electrons. The molecule has 0 aliphatic carbocycles. The van der Waals surface area contributed by atoms with Gasteiger partial charge in [0.15, 0.2) is 0 Å². The molecule has 10 heteroatoms. The van der Waals surface area contributed by atoms with Gasteiger partial charge in [-0.2, -0.15) is 0 Å². The fourth-order valence-electron chi connectivity index (χ4n) is 0. The van der Waals surface area contributed by atoms with Crippen LogP contribution in [0.25, 0.3) is 0 Å². The summed E-state index contributed by atoms with van der Waals surface area (Å²) in [5.41, 5.74) is 0. The minimum Gasteiger partial charge on any atom is 0 e. The van der Waals surface area contributed by atoms with Crippen molar-refractivity contribution in [3.8, 4) is 0 Å². The van der Waals surface area contributed by atoms with Crippen LogP contribution in [0.4, 0.5) is 0 Å². The van der Waals surface area contributed by atoms with Crippen molar-refractivity contribution in [1.29, 1.82) is 0 Å². The second kappa shape index (κ2) is 81.5. The van der Waals surface area contributed by atoms with E-state index in [9.17, 15) is 0 Å². The summed E-state index contributed by atoms with van der Waals surface area (Å²) in [6.07, 6.45) is 0. The number of hydrogen-bond donors (Lipinski definition) is 0. The van der Waals surface area contributed by atoms with Gasteiger partial charge < -0.3 is 0 Å². The second-order valence-electron chi connectivity index (χ2n) is 0. The zero-order valence-electron chi connectivity index (χ0n) is 5.18. The maximum absolute atomic E-state index is 0. The van der Waals surface area contributed by atoms with E-state index in [0.29, 0.717) is 0 Å². The smallest absolute Gasteiger partial charge is 0 e. The molecule has 0 unspecified atom stereocenters. The summed E-state index contributed by atoms with van der Waals surface area (Å²) in [6, 6.07) is 0. The normalized spacial score (nSPS) is 0. The van der Waals surface area contributed by atoms with Gasteiger partial charge in [0.05, 0.1) is 0 Å². The summed E-state index contributed by atoms with van der Waals surface area (Å²) >= 11 is 0. The maximum Gasteiger partial charge on any atom is 0 e. The van der Waals surface area contributed by atoms with Gasteiger partial charge in [0, 0.05) is 190 Å². The third-order valence-electron chi connectivity index (χ3n) is 0. The van der Waals surface area contributed by atoms with Crippen molar-refractivity contribution in [3.63, 3.8) is 0 Å². The summed E-state index contributed by atoms with van der Waals surface area (Å²) in [6.45, 7) is 0. The molecule has 0 nitrogen and oxygen atoms in total. The molecule has 0 atom stereocenters. The van der Waals surface area contributed by atoms with E-state index in [1.807, 2.05) is 0 Å². The monoisotopic (exact) mass is 647 g/mol. The first-order chi connectivity index (χ1) is 0. The molecule has 0 aromatic rings. The van der Waals surface area contributed by atoms with E-state index in [1.165, 1.54) is 0 Å². The zero-order chi connectivity index (χ0) is 0. The van der Waals surface area contributed by atoms with E-state index < -0.39 is 0 Å². The van der Waals surface area contributed by atoms with Crippen LogP contribution in [0.2, 0.25) is 0 Å². The van der Waals surface area contributed by atoms with E-state index in [2.05, 4.69) is 0 Å². The Morgan fingerprint density at radius 1 is 0.200 bits per heavy atom. The Labute approximate surface area is 185 Å². The van der Waals surface area contributed by atoms with Crippen LogP contribution in [0.1, 0.15) is 0 Å². The topological polar surface area (TPSA) is 0 Å². The molecule has 10 heavy (non-hydrogen) atoms. The van der Waals surface area contributed by atoms with Gasteiger partial charge >= 0.3 is 0 Å². The zero-order valence-corrected chi connectivity index (χ0v) is 25.7. The van der Waals surface area contributed by atoms with Gasteiger partial charge in [-0.1, -0.05) is 0 Å². The first-order valence-corrected chi connectivity index (χ1v) is 0. The van der Waals surface area contributed by atoms with Crippen molar-refractivity contribution < 1.29 is 51.2 Å². The van der Waals surface area contributed by atoms with Crippen LogP contribution in [-0.4, -0.2) is 139 Å². The minimum absolute atomic E-state index is 0. The van der Waals surface area contributed by atoms with E-state index in [1.54, 1.807) is 0 Å². The summed E-state index contributed by atoms with van der Waals surface area (Å²) in [7, 11) is 0. The molecule has 0 aromatic heterocycles. The molecule has 0 N–H and O–H groups in total. The summed E-state index contributed by atoms with van der Waals surface area (Å²) in [4.78, 5) is 0. The standard InChI is InChI=1S/7Ga.3Mn. The Hall–Kier alpha value is 6.01. The van der Waals surface area contributed by atoms with Crippen molar-refractivity contribution in [1.82, 2.24) is 0 Å². The minimum atomic E-state index is 0. The molecule has 0 aliphatic rings. The molecule has 0 amide bonds. The van der Waals surface area contributed by atoms with E-state index in [4.69, 9.17) is 0 Å².